The zero-order valence-corrected chi connectivity index (χ0v) is 18.0. The minimum Gasteiger partial charge on any atom is -0.343 e. The molecule has 0 radical (unpaired) electrons. The number of hydrogen-bond donors (Lipinski definition) is 3. The number of carbonyl (C=O) groups excluding carboxylic acids is 2. The molecule has 0 saturated carbocycles. The number of nitrogens with one attached hydrogen (secondary N) is 3. The van der Waals surface area contributed by atoms with Crippen LogP contribution in [-0.4, -0.2) is 23.9 Å². The van der Waals surface area contributed by atoms with Gasteiger partial charge in [0.1, 0.15) is 6.04 Å². The first-order chi connectivity index (χ1) is 13.5. The predicted octanol–water partition coefficient (Wildman–Crippen LogP) is 3.60. The lowest BCUT2D eigenvalue weighted by atomic mass is 9.94. The number of aryl methyl sites for hydroxylation is 1. The maximum absolute atomic E-state index is 12.9. The van der Waals surface area contributed by atoms with Crippen molar-refractivity contribution in [3.8, 4) is 0 Å². The van der Waals surface area contributed by atoms with E-state index >= 15 is 0 Å². The Hall–Kier alpha value is -2.37. The van der Waals surface area contributed by atoms with Crippen LogP contribution in [0.3, 0.4) is 0 Å². The average molecular weight is 416 g/mol. The van der Waals surface area contributed by atoms with Gasteiger partial charge in [-0.1, -0.05) is 62.2 Å². The van der Waals surface area contributed by atoms with Crippen LogP contribution in [0.25, 0.3) is 0 Å². The Morgan fingerprint density at radius 2 is 1.76 bits per heavy atom. The van der Waals surface area contributed by atoms with Crippen LogP contribution in [0.2, 0.25) is 0 Å². The fourth-order valence-electron chi connectivity index (χ4n) is 3.45. The number of halogens is 1. The molecule has 1 unspecified atom stereocenters. The normalized spacial score (nSPS) is 17.3. The molecule has 0 aliphatic carbocycles. The Kier molecular flexibility index (Phi) is 8.23. The van der Waals surface area contributed by atoms with Gasteiger partial charge in [0.25, 0.3) is 0 Å². The SMILES string of the molecule is CCC(C)[C@H](NC(=O)[C@@H]1Cc2ccccc2CN1)C(=O)Nc1ccc(C)cc1.Cl. The van der Waals surface area contributed by atoms with Gasteiger partial charge in [0.15, 0.2) is 0 Å². The van der Waals surface area contributed by atoms with E-state index in [1.165, 1.54) is 11.1 Å². The molecule has 1 heterocycles. The van der Waals surface area contributed by atoms with Gasteiger partial charge >= 0.3 is 0 Å². The highest BCUT2D eigenvalue weighted by Crippen LogP contribution is 2.18. The monoisotopic (exact) mass is 415 g/mol. The lowest BCUT2D eigenvalue weighted by Crippen LogP contribution is -2.55. The first kappa shape index (κ1) is 22.9. The molecule has 0 fully saturated rings. The van der Waals surface area contributed by atoms with Crippen molar-refractivity contribution in [2.24, 2.45) is 5.92 Å². The van der Waals surface area contributed by atoms with Crippen molar-refractivity contribution in [1.29, 1.82) is 0 Å². The van der Waals surface area contributed by atoms with Crippen molar-refractivity contribution in [2.45, 2.75) is 52.2 Å². The Balaban J connectivity index is 0.00000300. The molecule has 6 heteroatoms. The van der Waals surface area contributed by atoms with Crippen LogP contribution in [0.1, 0.15) is 37.0 Å². The van der Waals surface area contributed by atoms with E-state index in [1.54, 1.807) is 0 Å². The van der Waals surface area contributed by atoms with Gasteiger partial charge in [-0.2, -0.15) is 0 Å². The minimum atomic E-state index is -0.572. The van der Waals surface area contributed by atoms with Crippen LogP contribution >= 0.6 is 12.4 Å². The molecule has 2 aromatic rings. The molecule has 0 saturated heterocycles. The number of carbonyl (C=O) groups is 2. The number of fused-ring (bicyclic) bond motifs is 1. The zero-order chi connectivity index (χ0) is 20.1. The molecule has 29 heavy (non-hydrogen) atoms. The van der Waals surface area contributed by atoms with Gasteiger partial charge in [-0.05, 0) is 42.5 Å². The van der Waals surface area contributed by atoms with Gasteiger partial charge in [0, 0.05) is 12.2 Å². The summed E-state index contributed by atoms with van der Waals surface area (Å²) in [5, 5.41) is 9.21. The predicted molar refractivity (Wildman–Crippen MR) is 119 cm³/mol. The fourth-order valence-corrected chi connectivity index (χ4v) is 3.45. The second kappa shape index (κ2) is 10.4. The van der Waals surface area contributed by atoms with E-state index in [4.69, 9.17) is 0 Å². The lowest BCUT2D eigenvalue weighted by Gasteiger charge is -2.29. The van der Waals surface area contributed by atoms with Crippen molar-refractivity contribution >= 4 is 29.9 Å². The molecule has 2 aromatic carbocycles. The molecule has 156 valence electrons. The quantitative estimate of drug-likeness (QED) is 0.675. The molecule has 0 spiro atoms. The van der Waals surface area contributed by atoms with Gasteiger partial charge in [-0.3, -0.25) is 9.59 Å². The second-order valence-electron chi connectivity index (χ2n) is 7.63. The molecule has 5 nitrogen and oxygen atoms in total. The summed E-state index contributed by atoms with van der Waals surface area (Å²) >= 11 is 0. The summed E-state index contributed by atoms with van der Waals surface area (Å²) in [6.45, 7) is 6.68. The van der Waals surface area contributed by atoms with Crippen molar-refractivity contribution in [1.82, 2.24) is 10.6 Å². The van der Waals surface area contributed by atoms with E-state index in [0.29, 0.717) is 13.0 Å². The topological polar surface area (TPSA) is 70.2 Å². The van der Waals surface area contributed by atoms with E-state index in [-0.39, 0.29) is 36.2 Å². The largest absolute Gasteiger partial charge is 0.343 e. The molecular formula is C23H30ClN3O2. The third-order valence-corrected chi connectivity index (χ3v) is 5.51. The van der Waals surface area contributed by atoms with Crippen molar-refractivity contribution in [3.05, 3.63) is 65.2 Å². The molecule has 3 rings (SSSR count). The van der Waals surface area contributed by atoms with Crippen molar-refractivity contribution in [2.75, 3.05) is 5.32 Å². The summed E-state index contributed by atoms with van der Waals surface area (Å²) in [4.78, 5) is 25.8. The van der Waals surface area contributed by atoms with E-state index in [9.17, 15) is 9.59 Å². The Labute approximate surface area is 179 Å². The van der Waals surface area contributed by atoms with E-state index in [1.807, 2.05) is 57.2 Å². The highest BCUT2D eigenvalue weighted by Gasteiger charge is 2.30. The molecule has 2 amide bonds. The summed E-state index contributed by atoms with van der Waals surface area (Å²) in [5.74, 6) is -0.271. The number of benzene rings is 2. The summed E-state index contributed by atoms with van der Waals surface area (Å²) < 4.78 is 0. The molecule has 0 bridgehead atoms. The number of hydrogen-bond acceptors (Lipinski definition) is 3. The first-order valence-corrected chi connectivity index (χ1v) is 9.96. The second-order valence-corrected chi connectivity index (χ2v) is 7.63. The summed E-state index contributed by atoms with van der Waals surface area (Å²) in [5.41, 5.74) is 4.28. The van der Waals surface area contributed by atoms with Gasteiger partial charge in [-0.15, -0.1) is 12.4 Å². The van der Waals surface area contributed by atoms with Crippen LogP contribution in [0.4, 0.5) is 5.69 Å². The smallest absolute Gasteiger partial charge is 0.247 e. The molecule has 3 N–H and O–H groups in total. The van der Waals surface area contributed by atoms with Crippen LogP contribution in [0.5, 0.6) is 0 Å². The standard InChI is InChI=1S/C23H29N3O2.ClH/c1-4-16(3)21(23(28)25-19-11-9-15(2)10-12-19)26-22(27)20-13-17-7-5-6-8-18(17)14-24-20;/h5-12,16,20-21,24H,4,13-14H2,1-3H3,(H,25,28)(H,26,27);1H/t16?,20-,21-;/m0./s1. The lowest BCUT2D eigenvalue weighted by molar-refractivity contribution is -0.129. The first-order valence-electron chi connectivity index (χ1n) is 9.96. The van der Waals surface area contributed by atoms with E-state index < -0.39 is 6.04 Å². The van der Waals surface area contributed by atoms with Gasteiger partial charge < -0.3 is 16.0 Å². The van der Waals surface area contributed by atoms with Crippen LogP contribution in [0, 0.1) is 12.8 Å². The molecule has 1 aliphatic heterocycles. The molecule has 0 aromatic heterocycles. The number of rotatable bonds is 6. The summed E-state index contributed by atoms with van der Waals surface area (Å²) in [6, 6.07) is 14.9. The van der Waals surface area contributed by atoms with Crippen molar-refractivity contribution < 1.29 is 9.59 Å². The van der Waals surface area contributed by atoms with Crippen molar-refractivity contribution in [3.63, 3.8) is 0 Å². The molecule has 1 aliphatic rings. The zero-order valence-electron chi connectivity index (χ0n) is 17.2. The van der Waals surface area contributed by atoms with Crippen LogP contribution in [-0.2, 0) is 22.6 Å². The third-order valence-electron chi connectivity index (χ3n) is 5.51. The maximum Gasteiger partial charge on any atom is 0.247 e. The van der Waals surface area contributed by atoms with Gasteiger partial charge in [-0.25, -0.2) is 0 Å². The van der Waals surface area contributed by atoms with E-state index in [0.717, 1.165) is 17.7 Å². The van der Waals surface area contributed by atoms with Gasteiger partial charge in [0.05, 0.1) is 6.04 Å². The maximum atomic E-state index is 12.9. The number of amides is 2. The minimum absolute atomic E-state index is 0. The Morgan fingerprint density at radius 3 is 2.41 bits per heavy atom. The van der Waals surface area contributed by atoms with Crippen LogP contribution < -0.4 is 16.0 Å². The Bertz CT molecular complexity index is 838. The highest BCUT2D eigenvalue weighted by molar-refractivity contribution is 5.98. The fraction of sp³-hybridized carbons (Fsp3) is 0.391. The Morgan fingerprint density at radius 1 is 1.10 bits per heavy atom. The third kappa shape index (κ3) is 5.81. The molecule has 3 atom stereocenters. The average Bonchev–Trinajstić information content (AvgIpc) is 2.72. The summed E-state index contributed by atoms with van der Waals surface area (Å²) in [7, 11) is 0. The van der Waals surface area contributed by atoms with E-state index in [2.05, 4.69) is 28.1 Å². The summed E-state index contributed by atoms with van der Waals surface area (Å²) in [6.07, 6.45) is 1.43. The molecular weight excluding hydrogens is 386 g/mol. The van der Waals surface area contributed by atoms with Crippen LogP contribution in [0.15, 0.2) is 48.5 Å². The van der Waals surface area contributed by atoms with Gasteiger partial charge in [0.2, 0.25) is 11.8 Å². The number of anilines is 1. The highest BCUT2D eigenvalue weighted by atomic mass is 35.5.